The molecule has 3 aromatic rings. The van der Waals surface area contributed by atoms with Crippen molar-refractivity contribution in [1.82, 2.24) is 9.38 Å². The molecule has 3 aromatic heterocycles. The first-order valence-corrected chi connectivity index (χ1v) is 11.3. The van der Waals surface area contributed by atoms with E-state index >= 15 is 0 Å². The van der Waals surface area contributed by atoms with Gasteiger partial charge in [0.25, 0.3) is 0 Å². The number of ether oxygens (including phenoxy) is 2. The van der Waals surface area contributed by atoms with Crippen LogP contribution in [-0.2, 0) is 20.7 Å². The third-order valence-electron chi connectivity index (χ3n) is 4.42. The number of amides is 1. The lowest BCUT2D eigenvalue weighted by Gasteiger charge is -2.07. The summed E-state index contributed by atoms with van der Waals surface area (Å²) in [6.07, 6.45) is 3.38. The van der Waals surface area contributed by atoms with E-state index in [2.05, 4.69) is 10.3 Å². The molecular weight excluding hydrogens is 454 g/mol. The van der Waals surface area contributed by atoms with Gasteiger partial charge in [-0.15, -0.1) is 11.3 Å². The minimum absolute atomic E-state index is 0.0222. The highest BCUT2D eigenvalue weighted by Crippen LogP contribution is 2.34. The number of nitrogens with one attached hydrogen (secondary N) is 1. The lowest BCUT2D eigenvalue weighted by atomic mass is 10.1. The Hall–Kier alpha value is -2.91. The summed E-state index contributed by atoms with van der Waals surface area (Å²) in [6.45, 7) is 7.60. The van der Waals surface area contributed by atoms with Crippen LogP contribution in [-0.4, -0.2) is 40.4 Å². The minimum atomic E-state index is -0.609. The Labute approximate surface area is 194 Å². The van der Waals surface area contributed by atoms with Crippen LogP contribution in [0.25, 0.3) is 5.65 Å². The largest absolute Gasteiger partial charge is 0.462 e. The zero-order valence-electron chi connectivity index (χ0n) is 18.2. The molecule has 0 aliphatic carbocycles. The third-order valence-corrected chi connectivity index (χ3v) is 5.83. The molecule has 0 aromatic carbocycles. The predicted molar refractivity (Wildman–Crippen MR) is 123 cm³/mol. The third kappa shape index (κ3) is 5.46. The molecule has 1 amide bonds. The molecule has 0 saturated carbocycles. The molecule has 0 aliphatic rings. The van der Waals surface area contributed by atoms with Gasteiger partial charge in [0.1, 0.15) is 15.5 Å². The summed E-state index contributed by atoms with van der Waals surface area (Å²) in [7, 11) is 0. The molecule has 10 heteroatoms. The lowest BCUT2D eigenvalue weighted by Crippen LogP contribution is -2.16. The average molecular weight is 478 g/mol. The van der Waals surface area contributed by atoms with E-state index in [1.54, 1.807) is 42.8 Å². The van der Waals surface area contributed by atoms with Gasteiger partial charge in [-0.3, -0.25) is 4.79 Å². The van der Waals surface area contributed by atoms with Crippen molar-refractivity contribution in [3.8, 4) is 0 Å². The highest BCUT2D eigenvalue weighted by molar-refractivity contribution is 7.18. The standard InChI is InChI=1S/C22H24ClN3O5S/c1-5-30-21(28)18-13(4)19(22(29)31-11-12(2)3)32-20(18)25-17(27)8-15-10-26-9-14(23)6-7-16(26)24-15/h6-7,9-10,12H,5,8,11H2,1-4H3,(H,25,27). The predicted octanol–water partition coefficient (Wildman–Crippen LogP) is 4.53. The van der Waals surface area contributed by atoms with E-state index < -0.39 is 11.9 Å². The Morgan fingerprint density at radius 3 is 2.62 bits per heavy atom. The SMILES string of the molecule is CCOC(=O)c1c(NC(=O)Cc2cn3cc(Cl)ccc3n2)sc(C(=O)OCC(C)C)c1C. The molecule has 0 aliphatic heterocycles. The second kappa shape index (κ2) is 10.1. The monoisotopic (exact) mass is 477 g/mol. The van der Waals surface area contributed by atoms with Gasteiger partial charge in [0.2, 0.25) is 5.91 Å². The first kappa shape index (κ1) is 23.7. The van der Waals surface area contributed by atoms with Crippen LogP contribution in [0, 0.1) is 12.8 Å². The number of carbonyl (C=O) groups is 3. The molecule has 1 N–H and O–H groups in total. The number of thiophene rings is 1. The van der Waals surface area contributed by atoms with Gasteiger partial charge < -0.3 is 19.2 Å². The Bertz CT molecular complexity index is 1170. The molecule has 0 radical (unpaired) electrons. The number of anilines is 1. The number of hydrogen-bond donors (Lipinski definition) is 1. The number of fused-ring (bicyclic) bond motifs is 1. The zero-order chi connectivity index (χ0) is 23.4. The summed E-state index contributed by atoms with van der Waals surface area (Å²) < 4.78 is 12.2. The normalized spacial score (nSPS) is 11.1. The Kier molecular flexibility index (Phi) is 7.52. The van der Waals surface area contributed by atoms with Crippen LogP contribution in [0.4, 0.5) is 5.00 Å². The van der Waals surface area contributed by atoms with E-state index in [1.807, 2.05) is 13.8 Å². The Morgan fingerprint density at radius 1 is 1.19 bits per heavy atom. The van der Waals surface area contributed by atoms with Crippen molar-refractivity contribution in [1.29, 1.82) is 0 Å². The second-order valence-corrected chi connectivity index (χ2v) is 9.00. The van der Waals surface area contributed by atoms with Crippen LogP contribution in [0.2, 0.25) is 5.02 Å². The fourth-order valence-electron chi connectivity index (χ4n) is 2.99. The van der Waals surface area contributed by atoms with Gasteiger partial charge in [-0.2, -0.15) is 0 Å². The summed E-state index contributed by atoms with van der Waals surface area (Å²) in [5, 5.41) is 3.53. The fourth-order valence-corrected chi connectivity index (χ4v) is 4.26. The van der Waals surface area contributed by atoms with Crippen LogP contribution in [0.5, 0.6) is 0 Å². The summed E-state index contributed by atoms with van der Waals surface area (Å²) in [5.74, 6) is -1.36. The van der Waals surface area contributed by atoms with Crippen LogP contribution in [0.15, 0.2) is 24.5 Å². The number of esters is 2. The number of nitrogens with zero attached hydrogens (tertiary/aromatic N) is 2. The molecule has 3 heterocycles. The van der Waals surface area contributed by atoms with Crippen LogP contribution in [0.3, 0.4) is 0 Å². The summed E-state index contributed by atoms with van der Waals surface area (Å²) in [6, 6.07) is 3.47. The molecule has 0 fully saturated rings. The molecule has 0 saturated heterocycles. The summed E-state index contributed by atoms with van der Waals surface area (Å²) in [5.41, 5.74) is 1.77. The van der Waals surface area contributed by atoms with Crippen molar-refractivity contribution in [3.63, 3.8) is 0 Å². The maximum Gasteiger partial charge on any atom is 0.348 e. The number of hydrogen-bond acceptors (Lipinski definition) is 7. The Balaban J connectivity index is 1.83. The van der Waals surface area contributed by atoms with Crippen molar-refractivity contribution in [3.05, 3.63) is 51.2 Å². The van der Waals surface area contributed by atoms with Crippen molar-refractivity contribution < 1.29 is 23.9 Å². The Morgan fingerprint density at radius 2 is 1.94 bits per heavy atom. The van der Waals surface area contributed by atoms with Gasteiger partial charge in [0.05, 0.1) is 35.9 Å². The van der Waals surface area contributed by atoms with Crippen molar-refractivity contribution >= 4 is 51.4 Å². The van der Waals surface area contributed by atoms with Gasteiger partial charge in [-0.05, 0) is 37.5 Å². The topological polar surface area (TPSA) is 99.0 Å². The van der Waals surface area contributed by atoms with Gasteiger partial charge >= 0.3 is 11.9 Å². The first-order chi connectivity index (χ1) is 15.2. The molecular formula is C22H24ClN3O5S. The number of carbonyl (C=O) groups excluding carboxylic acids is 3. The molecule has 3 rings (SSSR count). The maximum absolute atomic E-state index is 12.7. The van der Waals surface area contributed by atoms with Crippen LogP contribution >= 0.6 is 22.9 Å². The quantitative estimate of drug-likeness (QED) is 0.478. The van der Waals surface area contributed by atoms with Gasteiger partial charge in [0, 0.05) is 12.4 Å². The molecule has 0 atom stereocenters. The van der Waals surface area contributed by atoms with Gasteiger partial charge in [0.15, 0.2) is 0 Å². The average Bonchev–Trinajstić information content (AvgIpc) is 3.25. The molecule has 0 spiro atoms. The molecule has 32 heavy (non-hydrogen) atoms. The fraction of sp³-hybridized carbons (Fsp3) is 0.364. The zero-order valence-corrected chi connectivity index (χ0v) is 19.8. The number of rotatable bonds is 8. The van der Waals surface area contributed by atoms with Crippen LogP contribution < -0.4 is 5.32 Å². The number of aromatic nitrogens is 2. The van der Waals surface area contributed by atoms with Crippen molar-refractivity contribution in [2.75, 3.05) is 18.5 Å². The van der Waals surface area contributed by atoms with E-state index in [0.29, 0.717) is 21.9 Å². The van der Waals surface area contributed by atoms with Crippen molar-refractivity contribution in [2.45, 2.75) is 34.1 Å². The molecule has 8 nitrogen and oxygen atoms in total. The van der Waals surface area contributed by atoms with E-state index in [9.17, 15) is 14.4 Å². The van der Waals surface area contributed by atoms with Crippen LogP contribution in [0.1, 0.15) is 52.1 Å². The van der Waals surface area contributed by atoms with E-state index in [-0.39, 0.29) is 46.9 Å². The molecule has 0 bridgehead atoms. The lowest BCUT2D eigenvalue weighted by molar-refractivity contribution is -0.115. The minimum Gasteiger partial charge on any atom is -0.462 e. The number of pyridine rings is 1. The first-order valence-electron chi connectivity index (χ1n) is 10.1. The highest BCUT2D eigenvalue weighted by Gasteiger charge is 2.27. The highest BCUT2D eigenvalue weighted by atomic mass is 35.5. The molecule has 0 unspecified atom stereocenters. The molecule has 170 valence electrons. The van der Waals surface area contributed by atoms with Gasteiger partial charge in [-0.25, -0.2) is 14.6 Å². The van der Waals surface area contributed by atoms with Gasteiger partial charge in [-0.1, -0.05) is 25.4 Å². The second-order valence-electron chi connectivity index (χ2n) is 7.54. The number of imidazole rings is 1. The smallest absolute Gasteiger partial charge is 0.348 e. The van der Waals surface area contributed by atoms with E-state index in [0.717, 1.165) is 11.3 Å². The number of halogens is 1. The summed E-state index contributed by atoms with van der Waals surface area (Å²) in [4.78, 5) is 42.4. The van der Waals surface area contributed by atoms with Crippen molar-refractivity contribution in [2.24, 2.45) is 5.92 Å². The summed E-state index contributed by atoms with van der Waals surface area (Å²) >= 11 is 6.98. The maximum atomic E-state index is 12.7. The van der Waals surface area contributed by atoms with E-state index in [1.165, 1.54) is 0 Å². The van der Waals surface area contributed by atoms with E-state index in [4.69, 9.17) is 21.1 Å².